The minimum atomic E-state index is 0.0900. The Morgan fingerprint density at radius 1 is 1.43 bits per heavy atom. The van der Waals surface area contributed by atoms with Gasteiger partial charge in [0.1, 0.15) is 0 Å². The maximum atomic E-state index is 11.0. The summed E-state index contributed by atoms with van der Waals surface area (Å²) in [5.41, 5.74) is 1.17. The largest absolute Gasteiger partial charge is 0.338 e. The molecular formula is C11H11NOS. The Balaban J connectivity index is 2.39. The van der Waals surface area contributed by atoms with E-state index in [1.165, 1.54) is 10.6 Å². The number of carbonyl (C=O) groups is 1. The smallest absolute Gasteiger partial charge is 0.155 e. The Labute approximate surface area is 87.6 Å². The average Bonchev–Trinajstić information content (AvgIpc) is 2.44. The van der Waals surface area contributed by atoms with Crippen molar-refractivity contribution in [3.63, 3.8) is 0 Å². The lowest BCUT2D eigenvalue weighted by Crippen LogP contribution is -2.10. The van der Waals surface area contributed by atoms with Crippen molar-refractivity contribution in [2.24, 2.45) is 0 Å². The van der Waals surface area contributed by atoms with E-state index in [0.717, 1.165) is 5.03 Å². The van der Waals surface area contributed by atoms with Gasteiger partial charge < -0.3 is 4.90 Å². The zero-order valence-corrected chi connectivity index (χ0v) is 8.97. The molecule has 1 aromatic rings. The van der Waals surface area contributed by atoms with Gasteiger partial charge in [0.15, 0.2) is 5.78 Å². The fraction of sp³-hybridized carbons (Fsp3) is 0.182. The quantitative estimate of drug-likeness (QED) is 0.657. The van der Waals surface area contributed by atoms with E-state index in [2.05, 4.69) is 12.1 Å². The summed E-state index contributed by atoms with van der Waals surface area (Å²) in [6.45, 7) is 1.57. The molecule has 0 aromatic heterocycles. The number of para-hydroxylation sites is 1. The highest BCUT2D eigenvalue weighted by atomic mass is 32.2. The minimum Gasteiger partial charge on any atom is -0.338 e. The van der Waals surface area contributed by atoms with E-state index in [1.807, 2.05) is 24.1 Å². The van der Waals surface area contributed by atoms with Crippen LogP contribution < -0.4 is 4.90 Å². The molecule has 0 saturated carbocycles. The molecule has 0 amide bonds. The van der Waals surface area contributed by atoms with E-state index in [0.29, 0.717) is 0 Å². The van der Waals surface area contributed by atoms with E-state index in [4.69, 9.17) is 0 Å². The van der Waals surface area contributed by atoms with Gasteiger partial charge >= 0.3 is 0 Å². The van der Waals surface area contributed by atoms with Gasteiger partial charge in [-0.3, -0.25) is 4.79 Å². The number of thioether (sulfide) groups is 1. The van der Waals surface area contributed by atoms with E-state index >= 15 is 0 Å². The van der Waals surface area contributed by atoms with Gasteiger partial charge in [-0.25, -0.2) is 0 Å². The first kappa shape index (κ1) is 9.34. The fourth-order valence-electron chi connectivity index (χ4n) is 1.42. The standard InChI is InChI=1S/C11H11NOS/c1-8(13)7-11-12(2)9-5-3-4-6-10(9)14-11/h3-7H,1-2H3. The Bertz CT molecular complexity index is 412. The number of benzene rings is 1. The predicted octanol–water partition coefficient (Wildman–Crippen LogP) is 2.66. The van der Waals surface area contributed by atoms with Gasteiger partial charge in [0.25, 0.3) is 0 Å². The van der Waals surface area contributed by atoms with Crippen LogP contribution in [0.25, 0.3) is 0 Å². The van der Waals surface area contributed by atoms with E-state index < -0.39 is 0 Å². The van der Waals surface area contributed by atoms with Crippen LogP contribution in [-0.2, 0) is 4.79 Å². The van der Waals surface area contributed by atoms with Crippen molar-refractivity contribution < 1.29 is 4.79 Å². The number of anilines is 1. The molecule has 0 spiro atoms. The zero-order valence-electron chi connectivity index (χ0n) is 8.15. The van der Waals surface area contributed by atoms with Crippen LogP contribution in [0.1, 0.15) is 6.92 Å². The molecule has 1 aliphatic heterocycles. The summed E-state index contributed by atoms with van der Waals surface area (Å²) in [5, 5.41) is 0.999. The summed E-state index contributed by atoms with van der Waals surface area (Å²) in [5.74, 6) is 0.0900. The zero-order chi connectivity index (χ0) is 10.1. The summed E-state index contributed by atoms with van der Waals surface area (Å²) in [7, 11) is 1.98. The average molecular weight is 205 g/mol. The molecule has 0 N–H and O–H groups in total. The molecule has 1 aromatic carbocycles. The first-order valence-corrected chi connectivity index (χ1v) is 5.23. The second-order valence-corrected chi connectivity index (χ2v) is 4.28. The highest BCUT2D eigenvalue weighted by Gasteiger charge is 2.21. The maximum Gasteiger partial charge on any atom is 0.155 e. The van der Waals surface area contributed by atoms with Crippen molar-refractivity contribution in [3.05, 3.63) is 35.4 Å². The van der Waals surface area contributed by atoms with Gasteiger partial charge in [0.2, 0.25) is 0 Å². The van der Waals surface area contributed by atoms with E-state index in [9.17, 15) is 4.79 Å². The van der Waals surface area contributed by atoms with Crippen LogP contribution in [0.2, 0.25) is 0 Å². The van der Waals surface area contributed by atoms with Crippen LogP contribution in [-0.4, -0.2) is 12.8 Å². The summed E-state index contributed by atoms with van der Waals surface area (Å²) < 4.78 is 0. The number of fused-ring (bicyclic) bond motifs is 1. The van der Waals surface area contributed by atoms with Crippen LogP contribution in [0.15, 0.2) is 40.3 Å². The third kappa shape index (κ3) is 1.55. The number of hydrogen-bond acceptors (Lipinski definition) is 3. The third-order valence-electron chi connectivity index (χ3n) is 2.10. The van der Waals surface area contributed by atoms with Gasteiger partial charge in [0.05, 0.1) is 10.7 Å². The Kier molecular flexibility index (Phi) is 2.33. The minimum absolute atomic E-state index is 0.0900. The van der Waals surface area contributed by atoms with Crippen molar-refractivity contribution in [2.75, 3.05) is 11.9 Å². The molecule has 72 valence electrons. The lowest BCUT2D eigenvalue weighted by Gasteiger charge is -2.12. The van der Waals surface area contributed by atoms with Crippen molar-refractivity contribution in [3.8, 4) is 0 Å². The summed E-state index contributed by atoms with van der Waals surface area (Å²) in [4.78, 5) is 14.2. The highest BCUT2D eigenvalue weighted by Crippen LogP contribution is 2.44. The fourth-order valence-corrected chi connectivity index (χ4v) is 2.56. The van der Waals surface area contributed by atoms with Crippen LogP contribution in [0.5, 0.6) is 0 Å². The Hall–Kier alpha value is -1.22. The lowest BCUT2D eigenvalue weighted by atomic mass is 10.3. The Morgan fingerprint density at radius 2 is 2.14 bits per heavy atom. The van der Waals surface area contributed by atoms with Gasteiger partial charge in [-0.2, -0.15) is 0 Å². The van der Waals surface area contributed by atoms with Gasteiger partial charge in [0, 0.05) is 18.0 Å². The maximum absolute atomic E-state index is 11.0. The first-order chi connectivity index (χ1) is 6.68. The molecule has 0 aliphatic carbocycles. The lowest BCUT2D eigenvalue weighted by molar-refractivity contribution is -0.112. The molecule has 0 saturated heterocycles. The van der Waals surface area contributed by atoms with Gasteiger partial charge in [-0.05, 0) is 19.1 Å². The van der Waals surface area contributed by atoms with Crippen LogP contribution in [0, 0.1) is 0 Å². The third-order valence-corrected chi connectivity index (χ3v) is 3.26. The molecule has 1 aliphatic rings. The summed E-state index contributed by atoms with van der Waals surface area (Å²) in [6, 6.07) is 8.14. The van der Waals surface area contributed by atoms with Crippen LogP contribution in [0.4, 0.5) is 5.69 Å². The molecule has 0 unspecified atom stereocenters. The summed E-state index contributed by atoms with van der Waals surface area (Å²) >= 11 is 1.64. The van der Waals surface area contributed by atoms with Gasteiger partial charge in [-0.1, -0.05) is 23.9 Å². The molecule has 14 heavy (non-hydrogen) atoms. The molecule has 2 nitrogen and oxygen atoms in total. The normalized spacial score (nSPS) is 17.3. The molecule has 0 fully saturated rings. The van der Waals surface area contributed by atoms with Crippen molar-refractivity contribution in [1.82, 2.24) is 0 Å². The second kappa shape index (κ2) is 3.50. The van der Waals surface area contributed by atoms with Crippen molar-refractivity contribution >= 4 is 23.2 Å². The number of rotatable bonds is 1. The molecule has 3 heteroatoms. The number of hydrogen-bond donors (Lipinski definition) is 0. The molecule has 0 bridgehead atoms. The van der Waals surface area contributed by atoms with Crippen LogP contribution in [0.3, 0.4) is 0 Å². The van der Waals surface area contributed by atoms with Gasteiger partial charge in [-0.15, -0.1) is 0 Å². The number of allylic oxidation sites excluding steroid dienone is 1. The highest BCUT2D eigenvalue weighted by molar-refractivity contribution is 8.03. The first-order valence-electron chi connectivity index (χ1n) is 4.41. The predicted molar refractivity (Wildman–Crippen MR) is 59.5 cm³/mol. The van der Waals surface area contributed by atoms with Crippen molar-refractivity contribution in [1.29, 1.82) is 0 Å². The van der Waals surface area contributed by atoms with E-state index in [-0.39, 0.29) is 5.78 Å². The SMILES string of the molecule is CC(=O)C=C1Sc2ccccc2N1C. The number of ketones is 1. The Morgan fingerprint density at radius 3 is 2.79 bits per heavy atom. The molecule has 1 heterocycles. The monoisotopic (exact) mass is 205 g/mol. The summed E-state index contributed by atoms with van der Waals surface area (Å²) in [6.07, 6.45) is 1.67. The molecule has 2 rings (SSSR count). The number of carbonyl (C=O) groups excluding carboxylic acids is 1. The molecular weight excluding hydrogens is 194 g/mol. The second-order valence-electron chi connectivity index (χ2n) is 3.22. The number of nitrogens with zero attached hydrogens (tertiary/aromatic N) is 1. The van der Waals surface area contributed by atoms with E-state index in [1.54, 1.807) is 24.8 Å². The molecule has 0 atom stereocenters. The topological polar surface area (TPSA) is 20.3 Å². The molecule has 0 radical (unpaired) electrons. The van der Waals surface area contributed by atoms with Crippen molar-refractivity contribution in [2.45, 2.75) is 11.8 Å². The van der Waals surface area contributed by atoms with Crippen LogP contribution >= 0.6 is 11.8 Å².